The van der Waals surface area contributed by atoms with Crippen molar-refractivity contribution >= 4 is 11.3 Å². The summed E-state index contributed by atoms with van der Waals surface area (Å²) in [5.41, 5.74) is 0. The van der Waals surface area contributed by atoms with Crippen molar-refractivity contribution in [2.75, 3.05) is 85.9 Å². The number of aliphatic hydroxyl groups is 4. The predicted octanol–water partition coefficient (Wildman–Crippen LogP) is 2.26. The Balaban J connectivity index is 2.15. The highest BCUT2D eigenvalue weighted by atomic mass is 32.1. The van der Waals surface area contributed by atoms with E-state index in [0.29, 0.717) is 13.0 Å². The van der Waals surface area contributed by atoms with Crippen LogP contribution in [0.4, 0.5) is 35.1 Å². The van der Waals surface area contributed by atoms with Crippen LogP contribution in [-0.2, 0) is 44.3 Å². The molecule has 1 aromatic heterocycles. The van der Waals surface area contributed by atoms with Gasteiger partial charge in [-0.05, 0) is 11.4 Å². The molecule has 278 valence electrons. The molecule has 0 radical (unpaired) electrons. The predicted molar refractivity (Wildman–Crippen MR) is 145 cm³/mol. The lowest BCUT2D eigenvalue weighted by Gasteiger charge is -2.26. The summed E-state index contributed by atoms with van der Waals surface area (Å²) in [7, 11) is 0. The molecular formula is C26H40F8O12S. The van der Waals surface area contributed by atoms with Crippen LogP contribution in [0.2, 0.25) is 0 Å². The van der Waals surface area contributed by atoms with E-state index in [1.807, 2.05) is 17.5 Å². The number of thiophene rings is 1. The Hall–Kier alpha value is -1.34. The molecule has 0 saturated carbocycles. The number of ether oxygens (including phenoxy) is 8. The molecule has 0 aliphatic heterocycles. The number of hydrogen-bond acceptors (Lipinski definition) is 13. The minimum Gasteiger partial charge on any atom is -0.396 e. The Bertz CT molecular complexity index is 920. The average Bonchev–Trinajstić information content (AvgIpc) is 3.45. The van der Waals surface area contributed by atoms with Crippen molar-refractivity contribution in [3.63, 3.8) is 0 Å². The van der Waals surface area contributed by atoms with Gasteiger partial charge < -0.3 is 48.8 Å². The first-order valence-corrected chi connectivity index (χ1v) is 14.9. The summed E-state index contributed by atoms with van der Waals surface area (Å²) < 4.78 is 143. The molecule has 1 heterocycles. The molecule has 21 heteroatoms. The zero-order valence-corrected chi connectivity index (χ0v) is 25.9. The van der Waals surface area contributed by atoms with Gasteiger partial charge in [-0.2, -0.15) is 17.6 Å². The van der Waals surface area contributed by atoms with E-state index >= 15 is 0 Å². The summed E-state index contributed by atoms with van der Waals surface area (Å²) >= 11 is 1.58. The van der Waals surface area contributed by atoms with Crippen LogP contribution in [-0.4, -0.2) is 149 Å². The fourth-order valence-electron chi connectivity index (χ4n) is 3.18. The number of rotatable bonds is 30. The topological polar surface area (TPSA) is 155 Å². The first-order valence-electron chi connectivity index (χ1n) is 14.0. The van der Waals surface area contributed by atoms with E-state index in [4.69, 9.17) is 19.3 Å². The van der Waals surface area contributed by atoms with Crippen molar-refractivity contribution in [3.05, 3.63) is 22.4 Å². The molecule has 47 heavy (non-hydrogen) atoms. The third-order valence-corrected chi connectivity index (χ3v) is 6.11. The summed E-state index contributed by atoms with van der Waals surface area (Å²) in [6, 6.07) is 3.87. The number of alkyl halides is 8. The van der Waals surface area contributed by atoms with E-state index in [9.17, 15) is 50.4 Å². The minimum absolute atomic E-state index is 0.0169. The fraction of sp³-hybridized carbons (Fsp3) is 0.846. The van der Waals surface area contributed by atoms with Gasteiger partial charge in [-0.25, -0.2) is 18.3 Å². The molecule has 4 N–H and O–H groups in total. The second kappa shape index (κ2) is 22.4. The van der Waals surface area contributed by atoms with Gasteiger partial charge >= 0.3 is 18.5 Å². The molecule has 12 nitrogen and oxygen atoms in total. The Morgan fingerprint density at radius 3 is 1.62 bits per heavy atom. The van der Waals surface area contributed by atoms with Crippen LogP contribution in [0.5, 0.6) is 0 Å². The molecule has 0 aliphatic carbocycles. The van der Waals surface area contributed by atoms with Crippen molar-refractivity contribution in [1.29, 1.82) is 0 Å². The zero-order chi connectivity index (χ0) is 35.4. The molecule has 3 atom stereocenters. The summed E-state index contributed by atoms with van der Waals surface area (Å²) in [6.45, 7) is -8.96. The highest BCUT2D eigenvalue weighted by Gasteiger charge is 2.52. The molecule has 3 unspecified atom stereocenters. The lowest BCUT2D eigenvalue weighted by Crippen LogP contribution is -2.44. The Labute approximate surface area is 269 Å². The highest BCUT2D eigenvalue weighted by molar-refractivity contribution is 7.09. The summed E-state index contributed by atoms with van der Waals surface area (Å²) in [6.07, 6.45) is -19.3. The maximum atomic E-state index is 13.7. The number of aliphatic hydroxyl groups excluding tert-OH is 4. The Kier molecular flexibility index (Phi) is 20.8. The average molecular weight is 729 g/mol. The first kappa shape index (κ1) is 43.7. The second-order valence-corrected chi connectivity index (χ2v) is 10.9. The van der Waals surface area contributed by atoms with E-state index in [-0.39, 0.29) is 26.4 Å². The largest absolute Gasteiger partial charge is 0.495 e. The van der Waals surface area contributed by atoms with Gasteiger partial charge in [0.15, 0.2) is 0 Å². The molecule has 1 aromatic rings. The molecule has 0 fully saturated rings. The molecule has 0 aliphatic rings. The van der Waals surface area contributed by atoms with Crippen LogP contribution < -0.4 is 0 Å². The van der Waals surface area contributed by atoms with E-state index in [2.05, 4.69) is 23.7 Å². The molecule has 0 amide bonds. The lowest BCUT2D eigenvalue weighted by atomic mass is 10.2. The summed E-state index contributed by atoms with van der Waals surface area (Å²) in [5, 5.41) is 39.5. The van der Waals surface area contributed by atoms with Gasteiger partial charge in [0.1, 0.15) is 38.1 Å². The Morgan fingerprint density at radius 1 is 0.617 bits per heavy atom. The molecule has 0 aromatic carbocycles. The van der Waals surface area contributed by atoms with Crippen LogP contribution in [0.3, 0.4) is 0 Å². The molecule has 0 bridgehead atoms. The van der Waals surface area contributed by atoms with E-state index in [0.717, 1.165) is 4.88 Å². The van der Waals surface area contributed by atoms with Crippen LogP contribution in [0.15, 0.2) is 17.5 Å². The van der Waals surface area contributed by atoms with Gasteiger partial charge in [-0.1, -0.05) is 6.07 Å². The van der Waals surface area contributed by atoms with Crippen molar-refractivity contribution in [2.45, 2.75) is 55.6 Å². The zero-order valence-electron chi connectivity index (χ0n) is 25.1. The first-order chi connectivity index (χ1) is 21.9. The van der Waals surface area contributed by atoms with Gasteiger partial charge in [0.05, 0.1) is 59.5 Å². The highest BCUT2D eigenvalue weighted by Crippen LogP contribution is 2.33. The van der Waals surface area contributed by atoms with Gasteiger partial charge in [-0.15, -0.1) is 20.1 Å². The number of hydrogen-bond donors (Lipinski definition) is 4. The van der Waals surface area contributed by atoms with Crippen LogP contribution >= 0.6 is 11.3 Å². The lowest BCUT2D eigenvalue weighted by molar-refractivity contribution is -0.518. The van der Waals surface area contributed by atoms with Gasteiger partial charge in [0.2, 0.25) is 0 Å². The van der Waals surface area contributed by atoms with Crippen molar-refractivity contribution in [1.82, 2.24) is 0 Å². The standard InChI is InChI=1S/C26H40F8O12S/c27-23(28,4-5-35)16-43-14-21(38)15-44-18-25(31,32)46-26(33,34)45-24(29,30)17-41-8-7-40-11-20(37)13-42-12-19(36)10-39-6-3-22-2-1-9-47-22/h1-2,9,19-21,35-38H,3-8,10-18H2. The maximum Gasteiger partial charge on any atom is 0.495 e. The molecular weight excluding hydrogens is 688 g/mol. The quantitative estimate of drug-likeness (QED) is 0.0522. The van der Waals surface area contributed by atoms with E-state index in [1.54, 1.807) is 11.3 Å². The fourth-order valence-corrected chi connectivity index (χ4v) is 3.87. The second-order valence-electron chi connectivity index (χ2n) is 9.83. The maximum absolute atomic E-state index is 13.7. The normalized spacial score (nSPS) is 15.2. The van der Waals surface area contributed by atoms with Crippen LogP contribution in [0, 0.1) is 0 Å². The molecule has 0 saturated heterocycles. The monoisotopic (exact) mass is 728 g/mol. The summed E-state index contributed by atoms with van der Waals surface area (Å²) in [4.78, 5) is 1.14. The number of halogens is 8. The van der Waals surface area contributed by atoms with Gasteiger partial charge in [0, 0.05) is 24.3 Å². The van der Waals surface area contributed by atoms with Crippen molar-refractivity contribution in [2.24, 2.45) is 0 Å². The van der Waals surface area contributed by atoms with E-state index in [1.165, 1.54) is 0 Å². The Morgan fingerprint density at radius 2 is 1.09 bits per heavy atom. The van der Waals surface area contributed by atoms with Gasteiger partial charge in [0.25, 0.3) is 5.92 Å². The third kappa shape index (κ3) is 23.6. The van der Waals surface area contributed by atoms with Crippen molar-refractivity contribution < 1.29 is 93.4 Å². The molecule has 1 rings (SSSR count). The van der Waals surface area contributed by atoms with Crippen LogP contribution in [0.25, 0.3) is 0 Å². The van der Waals surface area contributed by atoms with Gasteiger partial charge in [-0.3, -0.25) is 0 Å². The van der Waals surface area contributed by atoms with E-state index < -0.39 is 102 Å². The smallest absolute Gasteiger partial charge is 0.396 e. The minimum atomic E-state index is -5.54. The molecule has 0 spiro atoms. The van der Waals surface area contributed by atoms with Crippen LogP contribution in [0.1, 0.15) is 11.3 Å². The SMILES string of the molecule is OCCC(F)(F)COCC(O)COCC(F)(F)OC(F)(F)OC(F)(F)COCCOCC(O)COCC(O)COCCc1cccs1. The summed E-state index contributed by atoms with van der Waals surface area (Å²) in [5.74, 6) is -3.42. The van der Waals surface area contributed by atoms with Crippen molar-refractivity contribution in [3.8, 4) is 0 Å². The third-order valence-electron chi connectivity index (χ3n) is 5.17.